The van der Waals surface area contributed by atoms with Crippen molar-refractivity contribution in [1.82, 2.24) is 9.80 Å². The summed E-state index contributed by atoms with van der Waals surface area (Å²) in [5.74, 6) is 1.87. The van der Waals surface area contributed by atoms with Crippen LogP contribution in [0.25, 0.3) is 0 Å². The number of rotatable bonds is 35. The summed E-state index contributed by atoms with van der Waals surface area (Å²) in [6.45, 7) is 14.6. The lowest BCUT2D eigenvalue weighted by Crippen LogP contribution is -2.30. The van der Waals surface area contributed by atoms with Crippen LogP contribution in [0, 0.1) is 11.8 Å². The van der Waals surface area contributed by atoms with Gasteiger partial charge in [-0.3, -0.25) is 19.3 Å². The van der Waals surface area contributed by atoms with E-state index in [0.717, 1.165) is 49.8 Å². The van der Waals surface area contributed by atoms with Crippen molar-refractivity contribution in [3.63, 3.8) is 0 Å². The van der Waals surface area contributed by atoms with Gasteiger partial charge in [-0.1, -0.05) is 207 Å². The summed E-state index contributed by atoms with van der Waals surface area (Å²) < 4.78 is 0. The standard InChI is InChI=1S/C46H82N2O3/c1-5-7-9-11-19-25-31-42(33-27-21-15-13-17-23-29-35-47-39-40(3)37-44(47)49)43(32-26-20-12-10-8-6-2)34-28-22-16-14-18-24-30-36-48-45(50)38-41(4)46(48)51/h42-43H,3-39H2,1-2H3. The number of likely N-dealkylation sites (tertiary alicyclic amines) is 2. The predicted octanol–water partition coefficient (Wildman–Crippen LogP) is 13.1. The van der Waals surface area contributed by atoms with Gasteiger partial charge in [0, 0.05) is 31.6 Å². The minimum Gasteiger partial charge on any atom is -0.338 e. The van der Waals surface area contributed by atoms with Crippen LogP contribution in [0.5, 0.6) is 0 Å². The normalized spacial score (nSPS) is 16.3. The molecule has 2 fully saturated rings. The molecule has 2 atom stereocenters. The Morgan fingerprint density at radius 3 is 1.20 bits per heavy atom. The second-order valence-corrected chi connectivity index (χ2v) is 16.5. The Kier molecular flexibility index (Phi) is 26.2. The van der Waals surface area contributed by atoms with Crippen LogP contribution in [-0.4, -0.2) is 47.2 Å². The fraction of sp³-hybridized carbons (Fsp3) is 0.848. The summed E-state index contributed by atoms with van der Waals surface area (Å²) in [5, 5.41) is 0. The molecule has 0 saturated carbocycles. The monoisotopic (exact) mass is 711 g/mol. The van der Waals surface area contributed by atoms with Crippen LogP contribution in [0.3, 0.4) is 0 Å². The molecule has 2 aliphatic heterocycles. The summed E-state index contributed by atoms with van der Waals surface area (Å²) in [5.41, 5.74) is 1.53. The van der Waals surface area contributed by atoms with E-state index in [1.54, 1.807) is 0 Å². The van der Waals surface area contributed by atoms with Gasteiger partial charge in [-0.15, -0.1) is 0 Å². The second-order valence-electron chi connectivity index (χ2n) is 16.5. The molecule has 0 spiro atoms. The highest BCUT2D eigenvalue weighted by molar-refractivity contribution is 6.12. The van der Waals surface area contributed by atoms with E-state index in [0.29, 0.717) is 18.5 Å². The van der Waals surface area contributed by atoms with Gasteiger partial charge in [0.15, 0.2) is 0 Å². The predicted molar refractivity (Wildman–Crippen MR) is 218 cm³/mol. The van der Waals surface area contributed by atoms with Gasteiger partial charge in [-0.2, -0.15) is 0 Å². The summed E-state index contributed by atoms with van der Waals surface area (Å²) in [6, 6.07) is 0. The summed E-state index contributed by atoms with van der Waals surface area (Å²) in [4.78, 5) is 39.5. The quantitative estimate of drug-likeness (QED) is 0.0285. The van der Waals surface area contributed by atoms with Crippen molar-refractivity contribution in [2.75, 3.05) is 19.6 Å². The minimum atomic E-state index is -0.156. The topological polar surface area (TPSA) is 57.7 Å². The Labute approximate surface area is 316 Å². The third-order valence-corrected chi connectivity index (χ3v) is 11.9. The fourth-order valence-corrected chi connectivity index (χ4v) is 8.59. The van der Waals surface area contributed by atoms with Crippen LogP contribution in [0.15, 0.2) is 24.3 Å². The van der Waals surface area contributed by atoms with Crippen LogP contribution < -0.4 is 0 Å². The molecule has 5 heteroatoms. The highest BCUT2D eigenvalue weighted by atomic mass is 16.2. The van der Waals surface area contributed by atoms with Gasteiger partial charge in [0.25, 0.3) is 5.91 Å². The molecule has 0 radical (unpaired) electrons. The zero-order valence-electron chi connectivity index (χ0n) is 33.9. The van der Waals surface area contributed by atoms with Crippen molar-refractivity contribution in [2.24, 2.45) is 11.8 Å². The molecule has 2 heterocycles. The molecule has 0 N–H and O–H groups in total. The lowest BCUT2D eigenvalue weighted by atomic mass is 9.78. The number of imide groups is 1. The third-order valence-electron chi connectivity index (χ3n) is 11.9. The number of nitrogens with zero attached hydrogens (tertiary/aromatic N) is 2. The SMILES string of the molecule is C=C1CC(=O)N(CCCCCCCCCC(CCCCCCCC)C(CCCCCCCC)CCCCCCCCCN2C(=O)CC(=C)C2=O)C1. The van der Waals surface area contributed by atoms with E-state index in [4.69, 9.17) is 0 Å². The second kappa shape index (κ2) is 29.5. The van der Waals surface area contributed by atoms with Gasteiger partial charge in [0.1, 0.15) is 0 Å². The van der Waals surface area contributed by atoms with Gasteiger partial charge in [0.05, 0.1) is 6.42 Å². The molecule has 0 aromatic heterocycles. The van der Waals surface area contributed by atoms with Crippen molar-refractivity contribution >= 4 is 17.7 Å². The van der Waals surface area contributed by atoms with Crippen LogP contribution >= 0.6 is 0 Å². The van der Waals surface area contributed by atoms with E-state index in [1.165, 1.54) is 178 Å². The molecule has 3 amide bonds. The van der Waals surface area contributed by atoms with Gasteiger partial charge >= 0.3 is 0 Å². The maximum atomic E-state index is 12.1. The Morgan fingerprint density at radius 2 is 0.843 bits per heavy atom. The Hall–Kier alpha value is -1.91. The molecule has 51 heavy (non-hydrogen) atoms. The summed E-state index contributed by atoms with van der Waals surface area (Å²) >= 11 is 0. The summed E-state index contributed by atoms with van der Waals surface area (Å²) in [7, 11) is 0. The largest absolute Gasteiger partial charge is 0.338 e. The molecule has 2 rings (SSSR count). The fourth-order valence-electron chi connectivity index (χ4n) is 8.59. The van der Waals surface area contributed by atoms with Gasteiger partial charge in [-0.25, -0.2) is 0 Å². The first-order valence-corrected chi connectivity index (χ1v) is 22.3. The first-order chi connectivity index (χ1) is 24.9. The van der Waals surface area contributed by atoms with Crippen molar-refractivity contribution in [3.05, 3.63) is 24.3 Å². The van der Waals surface area contributed by atoms with Gasteiger partial charge in [0.2, 0.25) is 11.8 Å². The third kappa shape index (κ3) is 20.8. The molecule has 5 nitrogen and oxygen atoms in total. The number of hydrogen-bond donors (Lipinski definition) is 0. The van der Waals surface area contributed by atoms with Crippen LogP contribution in [0.1, 0.15) is 219 Å². The molecular formula is C46H82N2O3. The lowest BCUT2D eigenvalue weighted by Gasteiger charge is -2.28. The summed E-state index contributed by atoms with van der Waals surface area (Å²) in [6.07, 6.45) is 41.0. The smallest absolute Gasteiger partial charge is 0.256 e. The number of unbranched alkanes of at least 4 members (excludes halogenated alkanes) is 22. The van der Waals surface area contributed by atoms with Crippen LogP contribution in [-0.2, 0) is 14.4 Å². The van der Waals surface area contributed by atoms with Crippen LogP contribution in [0.2, 0.25) is 0 Å². The minimum absolute atomic E-state index is 0.0676. The Balaban J connectivity index is 1.73. The maximum absolute atomic E-state index is 12.1. The first-order valence-electron chi connectivity index (χ1n) is 22.3. The molecule has 0 bridgehead atoms. The molecule has 2 unspecified atom stereocenters. The molecular weight excluding hydrogens is 629 g/mol. The molecule has 0 aliphatic carbocycles. The van der Waals surface area contributed by atoms with Crippen LogP contribution in [0.4, 0.5) is 0 Å². The average molecular weight is 711 g/mol. The van der Waals surface area contributed by atoms with E-state index in [-0.39, 0.29) is 24.1 Å². The average Bonchev–Trinajstić information content (AvgIpc) is 3.57. The van der Waals surface area contributed by atoms with E-state index in [1.807, 2.05) is 4.90 Å². The van der Waals surface area contributed by atoms with Crippen molar-refractivity contribution in [2.45, 2.75) is 219 Å². The van der Waals surface area contributed by atoms with Gasteiger partial charge < -0.3 is 4.90 Å². The zero-order chi connectivity index (χ0) is 36.9. The Bertz CT molecular complexity index is 974. The van der Waals surface area contributed by atoms with Gasteiger partial charge in [-0.05, 0) is 30.3 Å². The van der Waals surface area contributed by atoms with Crippen molar-refractivity contribution < 1.29 is 14.4 Å². The maximum Gasteiger partial charge on any atom is 0.256 e. The highest BCUT2D eigenvalue weighted by Gasteiger charge is 2.31. The van der Waals surface area contributed by atoms with Crippen molar-refractivity contribution in [3.8, 4) is 0 Å². The van der Waals surface area contributed by atoms with E-state index >= 15 is 0 Å². The van der Waals surface area contributed by atoms with E-state index in [9.17, 15) is 14.4 Å². The highest BCUT2D eigenvalue weighted by Crippen LogP contribution is 2.34. The number of carbonyl (C=O) groups excluding carboxylic acids is 3. The molecule has 0 aromatic rings. The molecule has 2 aliphatic rings. The van der Waals surface area contributed by atoms with E-state index < -0.39 is 0 Å². The zero-order valence-corrected chi connectivity index (χ0v) is 33.9. The van der Waals surface area contributed by atoms with Crippen molar-refractivity contribution in [1.29, 1.82) is 0 Å². The number of amides is 3. The number of carbonyl (C=O) groups is 3. The first kappa shape index (κ1) is 45.2. The lowest BCUT2D eigenvalue weighted by molar-refractivity contribution is -0.137. The molecule has 0 aromatic carbocycles. The van der Waals surface area contributed by atoms with E-state index in [2.05, 4.69) is 27.0 Å². The molecule has 294 valence electrons. The number of hydrogen-bond acceptors (Lipinski definition) is 3. The molecule has 2 saturated heterocycles. The Morgan fingerprint density at radius 1 is 0.471 bits per heavy atom.